The molecule has 2 aromatic carbocycles. The van der Waals surface area contributed by atoms with E-state index in [1.807, 2.05) is 0 Å². The maximum Gasteiger partial charge on any atom is 0.00101 e. The molecule has 0 bridgehead atoms. The lowest BCUT2D eigenvalue weighted by Gasteiger charge is -2.13. The van der Waals surface area contributed by atoms with Crippen molar-refractivity contribution in [2.75, 3.05) is 20.6 Å². The first-order valence-corrected chi connectivity index (χ1v) is 7.77. The van der Waals surface area contributed by atoms with Crippen LogP contribution >= 0.6 is 0 Å². The third-order valence-electron chi connectivity index (χ3n) is 4.20. The van der Waals surface area contributed by atoms with Crippen LogP contribution in [0.15, 0.2) is 54.6 Å². The molecule has 0 unspecified atom stereocenters. The summed E-state index contributed by atoms with van der Waals surface area (Å²) in [6.07, 6.45) is 5.78. The minimum Gasteiger partial charge on any atom is -0.309 e. The lowest BCUT2D eigenvalue weighted by atomic mass is 9.93. The van der Waals surface area contributed by atoms with Crippen molar-refractivity contribution < 1.29 is 0 Å². The second-order valence-corrected chi connectivity index (χ2v) is 6.02. The van der Waals surface area contributed by atoms with Gasteiger partial charge >= 0.3 is 0 Å². The lowest BCUT2D eigenvalue weighted by Crippen LogP contribution is -2.12. The molecule has 1 heteroatoms. The van der Waals surface area contributed by atoms with Gasteiger partial charge in [-0.15, -0.1) is 0 Å². The molecule has 124 valence electrons. The third kappa shape index (κ3) is 4.33. The average molecular weight is 309 g/mol. The summed E-state index contributed by atoms with van der Waals surface area (Å²) in [6.45, 7) is 1.09. The summed E-state index contributed by atoms with van der Waals surface area (Å²) in [4.78, 5) is 2.24. The van der Waals surface area contributed by atoms with Crippen molar-refractivity contribution in [3.05, 3.63) is 76.9 Å². The van der Waals surface area contributed by atoms with Gasteiger partial charge in [0.1, 0.15) is 0 Å². The molecule has 23 heavy (non-hydrogen) atoms. The van der Waals surface area contributed by atoms with Crippen molar-refractivity contribution >= 4 is 5.57 Å². The van der Waals surface area contributed by atoms with Crippen LogP contribution in [0.2, 0.25) is 0 Å². The fraction of sp³-hybridized carbons (Fsp3) is 0.364. The summed E-state index contributed by atoms with van der Waals surface area (Å²) in [5, 5.41) is 0. The van der Waals surface area contributed by atoms with Crippen molar-refractivity contribution in [2.45, 2.75) is 34.1 Å². The smallest absolute Gasteiger partial charge is 0.00101 e. The van der Waals surface area contributed by atoms with Gasteiger partial charge in [0.15, 0.2) is 0 Å². The Labute approximate surface area is 142 Å². The van der Waals surface area contributed by atoms with E-state index in [1.165, 1.54) is 27.8 Å². The molecule has 1 aliphatic rings. The van der Waals surface area contributed by atoms with Crippen LogP contribution in [0.25, 0.3) is 5.57 Å². The van der Waals surface area contributed by atoms with Crippen LogP contribution in [-0.2, 0) is 12.8 Å². The Morgan fingerprint density at radius 2 is 1.30 bits per heavy atom. The Bertz CT molecular complexity index is 603. The zero-order chi connectivity index (χ0) is 14.7. The molecule has 0 atom stereocenters. The van der Waals surface area contributed by atoms with Crippen molar-refractivity contribution in [1.82, 2.24) is 4.90 Å². The van der Waals surface area contributed by atoms with E-state index in [-0.39, 0.29) is 14.9 Å². The molecule has 0 aromatic heterocycles. The van der Waals surface area contributed by atoms with Gasteiger partial charge in [-0.05, 0) is 61.2 Å². The fourth-order valence-electron chi connectivity index (χ4n) is 3.10. The first-order chi connectivity index (χ1) is 10.3. The second kappa shape index (κ2) is 8.69. The maximum absolute atomic E-state index is 2.42. The standard InChI is InChI=1S/C20H23N.2CH4/c1-21(2)15-7-12-20-18-10-5-3-8-16(18)13-14-17-9-4-6-11-19(17)20;;/h3-6,8-12H,7,13-15H2,1-2H3;2*1H4. The number of hydrogen-bond acceptors (Lipinski definition) is 1. The van der Waals surface area contributed by atoms with Crippen molar-refractivity contribution in [3.8, 4) is 0 Å². The van der Waals surface area contributed by atoms with Gasteiger partial charge in [0.2, 0.25) is 0 Å². The van der Waals surface area contributed by atoms with Gasteiger partial charge in [-0.1, -0.05) is 69.5 Å². The number of fused-ring (bicyclic) bond motifs is 2. The molecule has 3 rings (SSSR count). The van der Waals surface area contributed by atoms with Gasteiger partial charge in [-0.3, -0.25) is 0 Å². The summed E-state index contributed by atoms with van der Waals surface area (Å²) in [5.41, 5.74) is 7.21. The Hall–Kier alpha value is -1.86. The monoisotopic (exact) mass is 309 g/mol. The Morgan fingerprint density at radius 1 is 0.826 bits per heavy atom. The number of rotatable bonds is 3. The van der Waals surface area contributed by atoms with E-state index >= 15 is 0 Å². The van der Waals surface area contributed by atoms with Gasteiger partial charge in [0.25, 0.3) is 0 Å². The van der Waals surface area contributed by atoms with Crippen molar-refractivity contribution in [2.24, 2.45) is 0 Å². The van der Waals surface area contributed by atoms with Crippen molar-refractivity contribution in [1.29, 1.82) is 0 Å². The molecule has 0 spiro atoms. The average Bonchev–Trinajstić information content (AvgIpc) is 2.65. The van der Waals surface area contributed by atoms with E-state index < -0.39 is 0 Å². The van der Waals surface area contributed by atoms with Crippen LogP contribution in [0.4, 0.5) is 0 Å². The highest BCUT2D eigenvalue weighted by Crippen LogP contribution is 2.33. The second-order valence-electron chi connectivity index (χ2n) is 6.02. The minimum absolute atomic E-state index is 0. The van der Waals surface area contributed by atoms with E-state index in [2.05, 4.69) is 73.6 Å². The molecule has 1 aliphatic carbocycles. The Balaban J connectivity index is 0.00000132. The molecule has 0 heterocycles. The number of aryl methyl sites for hydroxylation is 2. The lowest BCUT2D eigenvalue weighted by molar-refractivity contribution is 0.417. The van der Waals surface area contributed by atoms with Crippen LogP contribution < -0.4 is 0 Å². The zero-order valence-corrected chi connectivity index (χ0v) is 13.0. The molecule has 0 saturated carbocycles. The molecule has 2 aromatic rings. The number of nitrogens with zero attached hydrogens (tertiary/aromatic N) is 1. The Kier molecular flexibility index (Phi) is 7.25. The van der Waals surface area contributed by atoms with E-state index in [0.29, 0.717) is 0 Å². The molecule has 0 saturated heterocycles. The predicted octanol–water partition coefficient (Wildman–Crippen LogP) is 5.44. The first kappa shape index (κ1) is 19.2. The van der Waals surface area contributed by atoms with Crippen LogP contribution in [0.5, 0.6) is 0 Å². The van der Waals surface area contributed by atoms with Gasteiger partial charge < -0.3 is 4.90 Å². The maximum atomic E-state index is 2.42. The SMILES string of the molecule is C.C.CN(C)CCC=C1c2ccccc2CCc2ccccc21. The summed E-state index contributed by atoms with van der Waals surface area (Å²) < 4.78 is 0. The largest absolute Gasteiger partial charge is 0.309 e. The Morgan fingerprint density at radius 3 is 1.78 bits per heavy atom. The first-order valence-electron chi connectivity index (χ1n) is 7.77. The molecule has 1 nitrogen and oxygen atoms in total. The van der Waals surface area contributed by atoms with Gasteiger partial charge in [-0.25, -0.2) is 0 Å². The zero-order valence-electron chi connectivity index (χ0n) is 13.0. The number of hydrogen-bond donors (Lipinski definition) is 0. The molecular weight excluding hydrogens is 278 g/mol. The minimum atomic E-state index is 0. The highest BCUT2D eigenvalue weighted by atomic mass is 15.0. The van der Waals surface area contributed by atoms with E-state index in [1.54, 1.807) is 0 Å². The van der Waals surface area contributed by atoms with E-state index in [0.717, 1.165) is 25.8 Å². The van der Waals surface area contributed by atoms with E-state index in [9.17, 15) is 0 Å². The quantitative estimate of drug-likeness (QED) is 0.729. The fourth-order valence-corrected chi connectivity index (χ4v) is 3.10. The number of benzene rings is 2. The summed E-state index contributed by atoms with van der Waals surface area (Å²) in [6, 6.07) is 17.7. The molecule has 0 N–H and O–H groups in total. The van der Waals surface area contributed by atoms with Crippen LogP contribution in [-0.4, -0.2) is 25.5 Å². The van der Waals surface area contributed by atoms with Crippen LogP contribution in [0.3, 0.4) is 0 Å². The summed E-state index contributed by atoms with van der Waals surface area (Å²) in [5.74, 6) is 0. The summed E-state index contributed by atoms with van der Waals surface area (Å²) >= 11 is 0. The molecular formula is C22H31N. The van der Waals surface area contributed by atoms with Crippen molar-refractivity contribution in [3.63, 3.8) is 0 Å². The topological polar surface area (TPSA) is 3.24 Å². The molecule has 0 radical (unpaired) electrons. The van der Waals surface area contributed by atoms with Crippen LogP contribution in [0, 0.1) is 0 Å². The van der Waals surface area contributed by atoms with Gasteiger partial charge in [-0.2, -0.15) is 0 Å². The third-order valence-corrected chi connectivity index (χ3v) is 4.20. The van der Waals surface area contributed by atoms with E-state index in [4.69, 9.17) is 0 Å². The molecule has 0 aliphatic heterocycles. The van der Waals surface area contributed by atoms with Gasteiger partial charge in [0.05, 0.1) is 0 Å². The van der Waals surface area contributed by atoms with Gasteiger partial charge in [0, 0.05) is 6.54 Å². The molecule has 0 fully saturated rings. The normalized spacial score (nSPS) is 12.4. The highest BCUT2D eigenvalue weighted by Gasteiger charge is 2.16. The van der Waals surface area contributed by atoms with Crippen LogP contribution in [0.1, 0.15) is 43.5 Å². The predicted molar refractivity (Wildman–Crippen MR) is 104 cm³/mol. The molecule has 0 amide bonds. The highest BCUT2D eigenvalue weighted by molar-refractivity contribution is 5.83. The summed E-state index contributed by atoms with van der Waals surface area (Å²) in [7, 11) is 4.26.